The van der Waals surface area contributed by atoms with Crippen LogP contribution in [0.15, 0.2) is 67.4 Å². The summed E-state index contributed by atoms with van der Waals surface area (Å²) in [6, 6.07) is 13.2. The number of aromatic nitrogens is 3. The smallest absolute Gasteiger partial charge is 0.254 e. The van der Waals surface area contributed by atoms with Gasteiger partial charge in [0, 0.05) is 50.8 Å². The molecule has 7 heteroatoms. The van der Waals surface area contributed by atoms with Crippen molar-refractivity contribution >= 4 is 11.8 Å². The van der Waals surface area contributed by atoms with Gasteiger partial charge in [0.05, 0.1) is 12.0 Å². The van der Waals surface area contributed by atoms with Crippen LogP contribution in [-0.2, 0) is 16.8 Å². The normalized spacial score (nSPS) is 18.8. The van der Waals surface area contributed by atoms with E-state index in [2.05, 4.69) is 15.3 Å². The monoisotopic (exact) mass is 403 g/mol. The number of likely N-dealkylation sites (N-methyl/N-ethyl adjacent to an activating group) is 1. The lowest BCUT2D eigenvalue weighted by molar-refractivity contribution is -0.128. The van der Waals surface area contributed by atoms with Gasteiger partial charge < -0.3 is 14.8 Å². The van der Waals surface area contributed by atoms with E-state index in [4.69, 9.17) is 0 Å². The standard InChI is InChI=1S/C23H25N5O2/c1-24-22(30)23(20-9-4-5-11-26-20)10-6-13-28(16-23)21(29)19-8-3-2-7-18(19)15-27-14-12-25-17-27/h2-5,7-9,11-12,14,17H,6,10,13,15-16H2,1H3,(H,24,30). The van der Waals surface area contributed by atoms with E-state index in [1.807, 2.05) is 53.2 Å². The Morgan fingerprint density at radius 2 is 1.97 bits per heavy atom. The number of carbonyl (C=O) groups excluding carboxylic acids is 2. The predicted molar refractivity (Wildman–Crippen MR) is 113 cm³/mol. The Labute approximate surface area is 175 Å². The van der Waals surface area contributed by atoms with Crippen molar-refractivity contribution in [2.75, 3.05) is 20.1 Å². The van der Waals surface area contributed by atoms with Gasteiger partial charge in [0.25, 0.3) is 5.91 Å². The highest BCUT2D eigenvalue weighted by Crippen LogP contribution is 2.34. The molecule has 1 N–H and O–H groups in total. The third-order valence-corrected chi connectivity index (χ3v) is 5.76. The molecule has 0 aliphatic carbocycles. The van der Waals surface area contributed by atoms with Crippen molar-refractivity contribution in [1.29, 1.82) is 0 Å². The van der Waals surface area contributed by atoms with Gasteiger partial charge in [-0.3, -0.25) is 14.6 Å². The van der Waals surface area contributed by atoms with Crippen LogP contribution < -0.4 is 5.32 Å². The summed E-state index contributed by atoms with van der Waals surface area (Å²) >= 11 is 0. The van der Waals surface area contributed by atoms with Crippen LogP contribution in [0.25, 0.3) is 0 Å². The van der Waals surface area contributed by atoms with Crippen molar-refractivity contribution in [3.63, 3.8) is 0 Å². The molecule has 0 bridgehead atoms. The number of piperidine rings is 1. The molecule has 1 aliphatic rings. The van der Waals surface area contributed by atoms with Gasteiger partial charge in [-0.25, -0.2) is 4.98 Å². The van der Waals surface area contributed by atoms with Crippen molar-refractivity contribution in [1.82, 2.24) is 24.8 Å². The maximum Gasteiger partial charge on any atom is 0.254 e. The van der Waals surface area contributed by atoms with Crippen molar-refractivity contribution in [3.8, 4) is 0 Å². The minimum Gasteiger partial charge on any atom is -0.358 e. The van der Waals surface area contributed by atoms with Crippen molar-refractivity contribution in [3.05, 3.63) is 84.2 Å². The highest BCUT2D eigenvalue weighted by Gasteiger charge is 2.45. The predicted octanol–water partition coefficient (Wildman–Crippen LogP) is 2.25. The maximum atomic E-state index is 13.5. The van der Waals surface area contributed by atoms with E-state index in [9.17, 15) is 9.59 Å². The van der Waals surface area contributed by atoms with Gasteiger partial charge in [-0.15, -0.1) is 0 Å². The van der Waals surface area contributed by atoms with Crippen LogP contribution in [-0.4, -0.2) is 51.4 Å². The van der Waals surface area contributed by atoms with E-state index in [1.165, 1.54) is 0 Å². The van der Waals surface area contributed by atoms with Crippen LogP contribution in [0.5, 0.6) is 0 Å². The first-order valence-corrected chi connectivity index (χ1v) is 10.1. The third-order valence-electron chi connectivity index (χ3n) is 5.76. The number of benzene rings is 1. The number of hydrogen-bond donors (Lipinski definition) is 1. The van der Waals surface area contributed by atoms with Crippen LogP contribution >= 0.6 is 0 Å². The van der Waals surface area contributed by atoms with Crippen molar-refractivity contribution in [2.45, 2.75) is 24.8 Å². The minimum atomic E-state index is -0.844. The summed E-state index contributed by atoms with van der Waals surface area (Å²) in [5, 5.41) is 2.79. The summed E-state index contributed by atoms with van der Waals surface area (Å²) in [5.74, 6) is -0.167. The van der Waals surface area contributed by atoms with E-state index in [-0.39, 0.29) is 11.8 Å². The fourth-order valence-electron chi connectivity index (χ4n) is 4.24. The van der Waals surface area contributed by atoms with E-state index in [0.29, 0.717) is 37.3 Å². The third kappa shape index (κ3) is 3.70. The molecule has 3 heterocycles. The maximum absolute atomic E-state index is 13.5. The Morgan fingerprint density at radius 1 is 1.13 bits per heavy atom. The van der Waals surface area contributed by atoms with Crippen LogP contribution in [0.3, 0.4) is 0 Å². The summed E-state index contributed by atoms with van der Waals surface area (Å²) < 4.78 is 1.94. The molecule has 30 heavy (non-hydrogen) atoms. The van der Waals surface area contributed by atoms with Gasteiger partial charge in [-0.2, -0.15) is 0 Å². The van der Waals surface area contributed by atoms with E-state index < -0.39 is 5.41 Å². The molecule has 1 fully saturated rings. The average molecular weight is 403 g/mol. The van der Waals surface area contributed by atoms with Gasteiger partial charge in [-0.1, -0.05) is 24.3 Å². The highest BCUT2D eigenvalue weighted by atomic mass is 16.2. The molecule has 1 atom stereocenters. The molecule has 1 aliphatic heterocycles. The van der Waals surface area contributed by atoms with Crippen LogP contribution in [0, 0.1) is 0 Å². The quantitative estimate of drug-likeness (QED) is 0.709. The first kappa shape index (κ1) is 19.8. The second-order valence-electron chi connectivity index (χ2n) is 7.60. The molecular formula is C23H25N5O2. The Morgan fingerprint density at radius 3 is 2.70 bits per heavy atom. The fourth-order valence-corrected chi connectivity index (χ4v) is 4.24. The molecular weight excluding hydrogens is 378 g/mol. The number of nitrogens with zero attached hydrogens (tertiary/aromatic N) is 4. The zero-order valence-electron chi connectivity index (χ0n) is 17.0. The number of rotatable bonds is 5. The number of nitrogens with one attached hydrogen (secondary N) is 1. The lowest BCUT2D eigenvalue weighted by atomic mass is 9.75. The fraction of sp³-hybridized carbons (Fsp3) is 0.304. The molecule has 0 spiro atoms. The number of carbonyl (C=O) groups is 2. The number of imidazole rings is 1. The number of hydrogen-bond acceptors (Lipinski definition) is 4. The molecule has 1 unspecified atom stereocenters. The summed E-state index contributed by atoms with van der Waals surface area (Å²) in [6.07, 6.45) is 8.42. The molecule has 2 amide bonds. The zero-order valence-corrected chi connectivity index (χ0v) is 17.0. The SMILES string of the molecule is CNC(=O)C1(c2ccccn2)CCCN(C(=O)c2ccccc2Cn2ccnc2)C1. The second-order valence-corrected chi connectivity index (χ2v) is 7.60. The molecule has 3 aromatic rings. The van der Waals surface area contributed by atoms with Gasteiger partial charge >= 0.3 is 0 Å². The van der Waals surface area contributed by atoms with Gasteiger partial charge in [-0.05, 0) is 36.6 Å². The van der Waals surface area contributed by atoms with E-state index >= 15 is 0 Å². The molecule has 4 rings (SSSR count). The molecule has 1 saturated heterocycles. The van der Waals surface area contributed by atoms with Crippen LogP contribution in [0.4, 0.5) is 0 Å². The molecule has 2 aromatic heterocycles. The van der Waals surface area contributed by atoms with E-state index in [1.54, 1.807) is 30.7 Å². The minimum absolute atomic E-state index is 0.0605. The van der Waals surface area contributed by atoms with Crippen molar-refractivity contribution < 1.29 is 9.59 Å². The molecule has 7 nitrogen and oxygen atoms in total. The molecule has 0 saturated carbocycles. The highest BCUT2D eigenvalue weighted by molar-refractivity contribution is 5.97. The summed E-state index contributed by atoms with van der Waals surface area (Å²) in [7, 11) is 1.63. The molecule has 1 aromatic carbocycles. The summed E-state index contributed by atoms with van der Waals surface area (Å²) in [4.78, 5) is 36.8. The van der Waals surface area contributed by atoms with Crippen LogP contribution in [0.2, 0.25) is 0 Å². The Bertz CT molecular complexity index is 1020. The molecule has 0 radical (unpaired) electrons. The Hall–Kier alpha value is -3.48. The van der Waals surface area contributed by atoms with Crippen molar-refractivity contribution in [2.24, 2.45) is 0 Å². The zero-order chi connectivity index (χ0) is 21.0. The average Bonchev–Trinajstić information content (AvgIpc) is 3.32. The Kier molecular flexibility index (Phi) is 5.61. The molecule has 154 valence electrons. The summed E-state index contributed by atoms with van der Waals surface area (Å²) in [6.45, 7) is 1.49. The lowest BCUT2D eigenvalue weighted by Gasteiger charge is -2.41. The van der Waals surface area contributed by atoms with Gasteiger partial charge in [0.1, 0.15) is 5.41 Å². The first-order chi connectivity index (χ1) is 14.6. The second kappa shape index (κ2) is 8.49. The Balaban J connectivity index is 1.65. The largest absolute Gasteiger partial charge is 0.358 e. The number of pyridine rings is 1. The van der Waals surface area contributed by atoms with E-state index in [0.717, 1.165) is 12.0 Å². The van der Waals surface area contributed by atoms with Gasteiger partial charge in [0.2, 0.25) is 5.91 Å². The first-order valence-electron chi connectivity index (χ1n) is 10.1. The van der Waals surface area contributed by atoms with Gasteiger partial charge in [0.15, 0.2) is 0 Å². The topological polar surface area (TPSA) is 80.1 Å². The number of likely N-dealkylation sites (tertiary alicyclic amines) is 1. The summed E-state index contributed by atoms with van der Waals surface area (Å²) in [5.41, 5.74) is 1.44. The van der Waals surface area contributed by atoms with Crippen LogP contribution in [0.1, 0.15) is 34.5 Å². The lowest BCUT2D eigenvalue weighted by Crippen LogP contribution is -2.56. The number of amides is 2.